The molecule has 1 saturated heterocycles. The highest BCUT2D eigenvalue weighted by molar-refractivity contribution is 6.07. The Hall–Kier alpha value is -2.57. The van der Waals surface area contributed by atoms with E-state index >= 15 is 0 Å². The molecule has 7 nitrogen and oxygen atoms in total. The van der Waals surface area contributed by atoms with Gasteiger partial charge in [-0.2, -0.15) is 5.10 Å². The Bertz CT molecular complexity index is 680. The first kappa shape index (κ1) is 16.3. The van der Waals surface area contributed by atoms with E-state index in [-0.39, 0.29) is 11.7 Å². The molecule has 24 heavy (non-hydrogen) atoms. The Morgan fingerprint density at radius 2 is 2.08 bits per heavy atom. The number of hydrogen-bond donors (Lipinski definition) is 2. The van der Waals surface area contributed by atoms with Crippen molar-refractivity contribution in [2.24, 2.45) is 5.10 Å². The van der Waals surface area contributed by atoms with E-state index < -0.39 is 11.6 Å². The second-order valence-electron chi connectivity index (χ2n) is 6.09. The van der Waals surface area contributed by atoms with E-state index in [9.17, 15) is 14.7 Å². The fourth-order valence-corrected chi connectivity index (χ4v) is 3.21. The average molecular weight is 331 g/mol. The largest absolute Gasteiger partial charge is 0.504 e. The molecular formula is C17H21N3O4. The number of nitrogens with one attached hydrogen (secondary N) is 1. The van der Waals surface area contributed by atoms with Crippen LogP contribution in [0.2, 0.25) is 0 Å². The molecule has 0 bridgehead atoms. The number of phenolic OH excluding ortho intramolecular Hbond substituents is 1. The summed E-state index contributed by atoms with van der Waals surface area (Å²) in [6.45, 7) is 2.24. The predicted molar refractivity (Wildman–Crippen MR) is 88.1 cm³/mol. The first-order valence-electron chi connectivity index (χ1n) is 8.22. The van der Waals surface area contributed by atoms with Gasteiger partial charge in [-0.25, -0.2) is 4.79 Å². The molecule has 3 rings (SSSR count). The molecule has 3 amide bonds. The molecule has 1 heterocycles. The van der Waals surface area contributed by atoms with Crippen LogP contribution in [-0.2, 0) is 4.79 Å². The van der Waals surface area contributed by atoms with Crippen LogP contribution >= 0.6 is 0 Å². The normalized spacial score (nSPS) is 20.0. The van der Waals surface area contributed by atoms with Crippen molar-refractivity contribution in [1.82, 2.24) is 10.3 Å². The Balaban J connectivity index is 1.78. The Morgan fingerprint density at radius 1 is 1.33 bits per heavy atom. The Kier molecular flexibility index (Phi) is 4.42. The van der Waals surface area contributed by atoms with Crippen molar-refractivity contribution in [1.29, 1.82) is 0 Å². The molecule has 1 aromatic carbocycles. The molecule has 1 aromatic rings. The van der Waals surface area contributed by atoms with Gasteiger partial charge in [0.1, 0.15) is 5.54 Å². The minimum atomic E-state index is -0.780. The zero-order chi connectivity index (χ0) is 17.2. The summed E-state index contributed by atoms with van der Waals surface area (Å²) in [5, 5.41) is 17.4. The van der Waals surface area contributed by atoms with Crippen molar-refractivity contribution < 1.29 is 19.4 Å². The van der Waals surface area contributed by atoms with Gasteiger partial charge >= 0.3 is 6.03 Å². The number of imide groups is 1. The number of hydrogen-bond acceptors (Lipinski definition) is 5. The lowest BCUT2D eigenvalue weighted by Gasteiger charge is -2.29. The van der Waals surface area contributed by atoms with Crippen molar-refractivity contribution >= 4 is 18.2 Å². The van der Waals surface area contributed by atoms with Crippen molar-refractivity contribution in [3.05, 3.63) is 23.8 Å². The van der Waals surface area contributed by atoms with Gasteiger partial charge in [0.2, 0.25) is 0 Å². The number of phenols is 1. The number of benzene rings is 1. The van der Waals surface area contributed by atoms with Gasteiger partial charge in [-0.05, 0) is 43.5 Å². The molecule has 1 saturated carbocycles. The van der Waals surface area contributed by atoms with E-state index in [4.69, 9.17) is 4.74 Å². The molecule has 128 valence electrons. The van der Waals surface area contributed by atoms with E-state index in [0.29, 0.717) is 30.8 Å². The third-order valence-corrected chi connectivity index (χ3v) is 4.45. The highest BCUT2D eigenvalue weighted by Crippen LogP contribution is 2.33. The summed E-state index contributed by atoms with van der Waals surface area (Å²) in [6.07, 6.45) is 5.69. The topological polar surface area (TPSA) is 91.2 Å². The summed E-state index contributed by atoms with van der Waals surface area (Å²) >= 11 is 0. The maximum absolute atomic E-state index is 12.6. The highest BCUT2D eigenvalue weighted by atomic mass is 16.5. The number of urea groups is 1. The van der Waals surface area contributed by atoms with Crippen molar-refractivity contribution in [2.75, 3.05) is 6.61 Å². The van der Waals surface area contributed by atoms with Crippen LogP contribution in [-0.4, -0.2) is 40.4 Å². The van der Waals surface area contributed by atoms with Crippen LogP contribution in [0.4, 0.5) is 4.79 Å². The van der Waals surface area contributed by atoms with Crippen LogP contribution < -0.4 is 10.1 Å². The van der Waals surface area contributed by atoms with Crippen LogP contribution in [0.3, 0.4) is 0 Å². The molecule has 1 aliphatic carbocycles. The van der Waals surface area contributed by atoms with Crippen LogP contribution in [0.15, 0.2) is 23.3 Å². The summed E-state index contributed by atoms with van der Waals surface area (Å²) < 4.78 is 5.31. The summed E-state index contributed by atoms with van der Waals surface area (Å²) in [7, 11) is 0. The quantitative estimate of drug-likeness (QED) is 0.654. The summed E-state index contributed by atoms with van der Waals surface area (Å²) in [6, 6.07) is 4.25. The predicted octanol–water partition coefficient (Wildman–Crippen LogP) is 2.38. The first-order chi connectivity index (χ1) is 11.6. The van der Waals surface area contributed by atoms with Gasteiger partial charge in [0.05, 0.1) is 12.8 Å². The van der Waals surface area contributed by atoms with Gasteiger partial charge < -0.3 is 15.2 Å². The number of amides is 3. The van der Waals surface area contributed by atoms with E-state index in [2.05, 4.69) is 10.4 Å². The number of rotatable bonds is 4. The van der Waals surface area contributed by atoms with Crippen molar-refractivity contribution in [3.8, 4) is 11.5 Å². The number of carbonyl (C=O) groups is 2. The zero-order valence-electron chi connectivity index (χ0n) is 13.6. The molecule has 7 heteroatoms. The summed E-state index contributed by atoms with van der Waals surface area (Å²) in [5.41, 5.74) is -0.153. The molecule has 2 aliphatic rings. The van der Waals surface area contributed by atoms with Gasteiger partial charge in [-0.15, -0.1) is 5.01 Å². The maximum atomic E-state index is 12.6. The fourth-order valence-electron chi connectivity index (χ4n) is 3.21. The van der Waals surface area contributed by atoms with E-state index in [1.54, 1.807) is 12.1 Å². The van der Waals surface area contributed by atoms with Gasteiger partial charge in [-0.1, -0.05) is 19.3 Å². The Labute approximate surface area is 140 Å². The van der Waals surface area contributed by atoms with Gasteiger partial charge in [0, 0.05) is 0 Å². The molecule has 0 radical (unpaired) electrons. The lowest BCUT2D eigenvalue weighted by molar-refractivity contribution is -0.132. The molecular weight excluding hydrogens is 310 g/mol. The van der Waals surface area contributed by atoms with Gasteiger partial charge in [0.15, 0.2) is 11.5 Å². The number of ether oxygens (including phenoxy) is 1. The van der Waals surface area contributed by atoms with Crippen LogP contribution in [0.25, 0.3) is 0 Å². The van der Waals surface area contributed by atoms with Crippen LogP contribution in [0.5, 0.6) is 11.5 Å². The summed E-state index contributed by atoms with van der Waals surface area (Å²) in [5.74, 6) is 0.0832. The van der Waals surface area contributed by atoms with E-state index in [0.717, 1.165) is 24.3 Å². The third kappa shape index (κ3) is 2.93. The maximum Gasteiger partial charge on any atom is 0.346 e. The molecule has 0 unspecified atom stereocenters. The zero-order valence-corrected chi connectivity index (χ0v) is 13.6. The SMILES string of the molecule is CCOc1cc(/C=N/N2C(=O)NC3(CCCCC3)C2=O)ccc1O. The second kappa shape index (κ2) is 6.51. The molecule has 1 spiro atoms. The summed E-state index contributed by atoms with van der Waals surface area (Å²) in [4.78, 5) is 24.7. The average Bonchev–Trinajstić information content (AvgIpc) is 2.79. The van der Waals surface area contributed by atoms with Crippen LogP contribution in [0.1, 0.15) is 44.6 Å². The molecule has 0 aromatic heterocycles. The van der Waals surface area contributed by atoms with Gasteiger partial charge in [0.25, 0.3) is 5.91 Å². The number of nitrogens with zero attached hydrogens (tertiary/aromatic N) is 2. The lowest BCUT2D eigenvalue weighted by Crippen LogP contribution is -2.48. The van der Waals surface area contributed by atoms with E-state index in [1.165, 1.54) is 12.3 Å². The molecule has 0 atom stereocenters. The van der Waals surface area contributed by atoms with Gasteiger partial charge in [-0.3, -0.25) is 4.79 Å². The fraction of sp³-hybridized carbons (Fsp3) is 0.471. The minimum absolute atomic E-state index is 0.0325. The minimum Gasteiger partial charge on any atom is -0.504 e. The lowest BCUT2D eigenvalue weighted by atomic mass is 9.82. The van der Waals surface area contributed by atoms with Crippen LogP contribution in [0, 0.1) is 0 Å². The molecule has 2 fully saturated rings. The first-order valence-corrected chi connectivity index (χ1v) is 8.22. The molecule has 2 N–H and O–H groups in total. The van der Waals surface area contributed by atoms with Crippen molar-refractivity contribution in [3.63, 3.8) is 0 Å². The monoisotopic (exact) mass is 331 g/mol. The molecule has 1 aliphatic heterocycles. The standard InChI is InChI=1S/C17H21N3O4/c1-2-24-14-10-12(6-7-13(14)21)11-18-20-15(22)17(19-16(20)23)8-4-3-5-9-17/h6-7,10-11,21H,2-5,8-9H2,1H3,(H,19,23)/b18-11+. The third-order valence-electron chi connectivity index (χ3n) is 4.45. The second-order valence-corrected chi connectivity index (χ2v) is 6.09. The Morgan fingerprint density at radius 3 is 2.79 bits per heavy atom. The highest BCUT2D eigenvalue weighted by Gasteiger charge is 2.51. The van der Waals surface area contributed by atoms with E-state index in [1.807, 2.05) is 6.92 Å². The number of aromatic hydroxyl groups is 1. The van der Waals surface area contributed by atoms with Crippen molar-refractivity contribution in [2.45, 2.75) is 44.6 Å². The smallest absolute Gasteiger partial charge is 0.346 e. The number of carbonyl (C=O) groups excluding carboxylic acids is 2. The number of hydrazone groups is 1.